The number of carbonyl (C=O) groups is 3. The van der Waals surface area contributed by atoms with E-state index in [1.807, 2.05) is 5.43 Å². The normalized spacial score (nSPS) is 10.1. The second kappa shape index (κ2) is 8.50. The fourth-order valence-electron chi connectivity index (χ4n) is 1.80. The number of benzene rings is 2. The van der Waals surface area contributed by atoms with Gasteiger partial charge in [-0.1, -0.05) is 23.2 Å². The van der Waals surface area contributed by atoms with Crippen molar-refractivity contribution in [3.8, 4) is 0 Å². The average molecular weight is 400 g/mol. The van der Waals surface area contributed by atoms with E-state index in [4.69, 9.17) is 33.7 Å². The van der Waals surface area contributed by atoms with Crippen LogP contribution in [0.15, 0.2) is 36.4 Å². The summed E-state index contributed by atoms with van der Waals surface area (Å²) in [6.45, 7) is -0.688. The molecule has 2 rings (SSSR count). The lowest BCUT2D eigenvalue weighted by atomic mass is 10.2. The van der Waals surface area contributed by atoms with Gasteiger partial charge in [-0.25, -0.2) is 9.18 Å². The SMILES string of the molecule is Nc1c(Cl)cc(Cl)cc1C(=O)OCC(=O)NNC(=O)c1ccc(F)cc1. The van der Waals surface area contributed by atoms with Crippen molar-refractivity contribution >= 4 is 46.7 Å². The number of nitrogen functional groups attached to an aromatic ring is 1. The number of nitrogens with two attached hydrogens (primary N) is 1. The van der Waals surface area contributed by atoms with Gasteiger partial charge in [0, 0.05) is 10.6 Å². The molecule has 0 atom stereocenters. The molecule has 0 saturated carbocycles. The first-order valence-corrected chi connectivity index (χ1v) is 7.80. The smallest absolute Gasteiger partial charge is 0.340 e. The molecule has 0 aliphatic rings. The summed E-state index contributed by atoms with van der Waals surface area (Å²) in [5.41, 5.74) is 9.80. The molecule has 0 heterocycles. The van der Waals surface area contributed by atoms with E-state index in [-0.39, 0.29) is 26.9 Å². The van der Waals surface area contributed by atoms with Crippen molar-refractivity contribution in [2.45, 2.75) is 0 Å². The van der Waals surface area contributed by atoms with Crippen LogP contribution in [0.4, 0.5) is 10.1 Å². The molecule has 0 spiro atoms. The zero-order valence-corrected chi connectivity index (χ0v) is 14.5. The Labute approximate surface area is 157 Å². The quantitative estimate of drug-likeness (QED) is 0.415. The lowest BCUT2D eigenvalue weighted by molar-refractivity contribution is -0.125. The van der Waals surface area contributed by atoms with E-state index in [9.17, 15) is 18.8 Å². The standard InChI is InChI=1S/C16H12Cl2FN3O4/c17-9-5-11(14(20)12(18)6-9)16(25)26-7-13(23)21-22-15(24)8-1-3-10(19)4-2-8/h1-6H,7,20H2,(H,21,23)(H,22,24). The zero-order chi connectivity index (χ0) is 19.3. The van der Waals surface area contributed by atoms with Gasteiger partial charge in [-0.15, -0.1) is 0 Å². The van der Waals surface area contributed by atoms with Crippen molar-refractivity contribution in [3.05, 3.63) is 63.4 Å². The van der Waals surface area contributed by atoms with Crippen LogP contribution < -0.4 is 16.6 Å². The molecule has 0 saturated heterocycles. The number of halogens is 3. The van der Waals surface area contributed by atoms with Crippen molar-refractivity contribution < 1.29 is 23.5 Å². The summed E-state index contributed by atoms with van der Waals surface area (Å²) in [5, 5.41) is 0.243. The predicted octanol–water partition coefficient (Wildman–Crippen LogP) is 2.33. The molecule has 7 nitrogen and oxygen atoms in total. The van der Waals surface area contributed by atoms with Crippen LogP contribution in [0.1, 0.15) is 20.7 Å². The molecule has 4 N–H and O–H groups in total. The van der Waals surface area contributed by atoms with Crippen LogP contribution in [0, 0.1) is 5.82 Å². The molecule has 26 heavy (non-hydrogen) atoms. The number of rotatable bonds is 4. The van der Waals surface area contributed by atoms with Gasteiger partial charge < -0.3 is 10.5 Å². The lowest BCUT2D eigenvalue weighted by Gasteiger charge is -2.10. The molecule has 0 fully saturated rings. The summed E-state index contributed by atoms with van der Waals surface area (Å²) in [5.74, 6) is -2.89. The highest BCUT2D eigenvalue weighted by atomic mass is 35.5. The molecule has 0 bridgehead atoms. The minimum atomic E-state index is -0.910. The molecule has 10 heteroatoms. The Morgan fingerprint density at radius 2 is 1.73 bits per heavy atom. The Hall–Kier alpha value is -2.84. The van der Waals surface area contributed by atoms with E-state index in [1.54, 1.807) is 0 Å². The van der Waals surface area contributed by atoms with Crippen molar-refractivity contribution in [1.29, 1.82) is 0 Å². The van der Waals surface area contributed by atoms with Crippen LogP contribution in [0.3, 0.4) is 0 Å². The molecular weight excluding hydrogens is 388 g/mol. The van der Waals surface area contributed by atoms with Gasteiger partial charge in [0.15, 0.2) is 6.61 Å². The maximum Gasteiger partial charge on any atom is 0.340 e. The third-order valence-corrected chi connectivity index (χ3v) is 3.60. The van der Waals surface area contributed by atoms with E-state index in [2.05, 4.69) is 5.43 Å². The van der Waals surface area contributed by atoms with Gasteiger partial charge in [-0.2, -0.15) is 0 Å². The third-order valence-electron chi connectivity index (χ3n) is 3.07. The van der Waals surface area contributed by atoms with E-state index in [0.717, 1.165) is 12.1 Å². The maximum atomic E-state index is 12.8. The molecule has 0 aromatic heterocycles. The van der Waals surface area contributed by atoms with E-state index < -0.39 is 30.2 Å². The molecule has 0 unspecified atom stereocenters. The molecule has 2 aromatic rings. The summed E-state index contributed by atoms with van der Waals surface area (Å²) in [6.07, 6.45) is 0. The zero-order valence-electron chi connectivity index (χ0n) is 13.0. The Bertz CT molecular complexity index is 859. The molecular formula is C16H12Cl2FN3O4. The number of anilines is 1. The average Bonchev–Trinajstić information content (AvgIpc) is 2.61. The first kappa shape index (κ1) is 19.5. The summed E-state index contributed by atoms with van der Waals surface area (Å²) >= 11 is 11.6. The first-order valence-electron chi connectivity index (χ1n) is 7.04. The molecule has 0 aliphatic carbocycles. The van der Waals surface area contributed by atoms with E-state index in [0.29, 0.717) is 0 Å². The monoisotopic (exact) mass is 399 g/mol. The number of hydrogen-bond acceptors (Lipinski definition) is 5. The van der Waals surface area contributed by atoms with Crippen molar-refractivity contribution in [3.63, 3.8) is 0 Å². The second-order valence-electron chi connectivity index (χ2n) is 4.93. The Morgan fingerprint density at radius 1 is 1.08 bits per heavy atom. The number of carbonyl (C=O) groups excluding carboxylic acids is 3. The summed E-state index contributed by atoms with van der Waals surface area (Å²) in [4.78, 5) is 35.3. The van der Waals surface area contributed by atoms with E-state index >= 15 is 0 Å². The maximum absolute atomic E-state index is 12.8. The highest BCUT2D eigenvalue weighted by molar-refractivity contribution is 6.37. The number of amides is 2. The fourth-order valence-corrected chi connectivity index (χ4v) is 2.29. The van der Waals surface area contributed by atoms with Gasteiger partial charge in [0.1, 0.15) is 5.82 Å². The Balaban J connectivity index is 1.86. The fraction of sp³-hybridized carbons (Fsp3) is 0.0625. The van der Waals surface area contributed by atoms with Crippen molar-refractivity contribution in [2.75, 3.05) is 12.3 Å². The van der Waals surface area contributed by atoms with Gasteiger partial charge in [0.05, 0.1) is 16.3 Å². The summed E-state index contributed by atoms with van der Waals surface area (Å²) in [7, 11) is 0. The van der Waals surface area contributed by atoms with Gasteiger partial charge in [0.25, 0.3) is 11.8 Å². The van der Waals surface area contributed by atoms with Crippen LogP contribution in [-0.2, 0) is 9.53 Å². The minimum absolute atomic E-state index is 0.0360. The number of nitrogens with one attached hydrogen (secondary N) is 2. The molecule has 0 aliphatic heterocycles. The Morgan fingerprint density at radius 3 is 2.38 bits per heavy atom. The van der Waals surface area contributed by atoms with Crippen molar-refractivity contribution in [2.24, 2.45) is 0 Å². The van der Waals surface area contributed by atoms with Crippen LogP contribution in [-0.4, -0.2) is 24.4 Å². The van der Waals surface area contributed by atoms with Crippen LogP contribution in [0.25, 0.3) is 0 Å². The van der Waals surface area contributed by atoms with Gasteiger partial charge in [-0.3, -0.25) is 20.4 Å². The van der Waals surface area contributed by atoms with Crippen LogP contribution >= 0.6 is 23.2 Å². The second-order valence-corrected chi connectivity index (χ2v) is 5.78. The first-order chi connectivity index (χ1) is 12.3. The third kappa shape index (κ3) is 5.08. The van der Waals surface area contributed by atoms with Crippen LogP contribution in [0.5, 0.6) is 0 Å². The van der Waals surface area contributed by atoms with Gasteiger partial charge >= 0.3 is 5.97 Å². The Kier molecular flexibility index (Phi) is 6.37. The summed E-state index contributed by atoms with van der Waals surface area (Å²) in [6, 6.07) is 7.27. The summed E-state index contributed by atoms with van der Waals surface area (Å²) < 4.78 is 17.6. The number of ether oxygens (including phenoxy) is 1. The topological polar surface area (TPSA) is 111 Å². The largest absolute Gasteiger partial charge is 0.452 e. The van der Waals surface area contributed by atoms with Gasteiger partial charge in [0.2, 0.25) is 0 Å². The lowest BCUT2D eigenvalue weighted by Crippen LogP contribution is -2.43. The van der Waals surface area contributed by atoms with E-state index in [1.165, 1.54) is 24.3 Å². The highest BCUT2D eigenvalue weighted by Crippen LogP contribution is 2.27. The minimum Gasteiger partial charge on any atom is -0.452 e. The predicted molar refractivity (Wildman–Crippen MR) is 93.2 cm³/mol. The molecule has 0 radical (unpaired) electrons. The van der Waals surface area contributed by atoms with Crippen LogP contribution in [0.2, 0.25) is 10.0 Å². The number of hydrogen-bond donors (Lipinski definition) is 3. The number of esters is 1. The molecule has 2 aromatic carbocycles. The molecule has 2 amide bonds. The van der Waals surface area contributed by atoms with Gasteiger partial charge in [-0.05, 0) is 36.4 Å². The molecule has 136 valence electrons. The highest BCUT2D eigenvalue weighted by Gasteiger charge is 2.17. The van der Waals surface area contributed by atoms with Crippen molar-refractivity contribution in [1.82, 2.24) is 10.9 Å². The number of hydrazine groups is 1.